The number of ether oxygens (including phenoxy) is 1. The maximum absolute atomic E-state index is 11.7. The summed E-state index contributed by atoms with van der Waals surface area (Å²) in [4.78, 5) is 20.3. The second kappa shape index (κ2) is 8.51. The lowest BCUT2D eigenvalue weighted by Crippen LogP contribution is -2.05. The second-order valence-electron chi connectivity index (χ2n) is 5.78. The van der Waals surface area contributed by atoms with Crippen LogP contribution in [0, 0.1) is 6.92 Å². The Morgan fingerprint density at radius 1 is 1.07 bits per heavy atom. The minimum Gasteiger partial charge on any atom is -0.462 e. The predicted molar refractivity (Wildman–Crippen MR) is 107 cm³/mol. The fourth-order valence-corrected chi connectivity index (χ4v) is 2.52. The minimum absolute atomic E-state index is 0.344. The monoisotopic (exact) mass is 382 g/mol. The molecule has 0 unspecified atom stereocenters. The Morgan fingerprint density at radius 2 is 1.81 bits per heavy atom. The van der Waals surface area contributed by atoms with Gasteiger partial charge >= 0.3 is 5.97 Å². The number of aryl methyl sites for hydroxylation is 1. The molecule has 0 saturated heterocycles. The third kappa shape index (κ3) is 4.95. The highest BCUT2D eigenvalue weighted by atomic mass is 35.5. The maximum atomic E-state index is 11.7. The number of anilines is 4. The van der Waals surface area contributed by atoms with E-state index in [0.29, 0.717) is 29.0 Å². The van der Waals surface area contributed by atoms with Crippen molar-refractivity contribution in [2.24, 2.45) is 0 Å². The fraction of sp³-hybridized carbons (Fsp3) is 0.150. The van der Waals surface area contributed by atoms with Gasteiger partial charge in [0.1, 0.15) is 5.82 Å². The molecular weight excluding hydrogens is 364 g/mol. The van der Waals surface area contributed by atoms with Gasteiger partial charge in [0.2, 0.25) is 5.95 Å². The van der Waals surface area contributed by atoms with Crippen LogP contribution in [0.4, 0.5) is 23.1 Å². The zero-order chi connectivity index (χ0) is 19.2. The van der Waals surface area contributed by atoms with Gasteiger partial charge < -0.3 is 15.4 Å². The Kier molecular flexibility index (Phi) is 5.88. The molecule has 0 bridgehead atoms. The van der Waals surface area contributed by atoms with Crippen LogP contribution < -0.4 is 10.6 Å². The number of hydrogen-bond donors (Lipinski definition) is 2. The van der Waals surface area contributed by atoms with E-state index in [-0.39, 0.29) is 5.97 Å². The summed E-state index contributed by atoms with van der Waals surface area (Å²) in [6, 6.07) is 14.4. The highest BCUT2D eigenvalue weighted by Gasteiger charge is 2.07. The van der Waals surface area contributed by atoms with E-state index < -0.39 is 0 Å². The quantitative estimate of drug-likeness (QED) is 0.577. The van der Waals surface area contributed by atoms with Crippen LogP contribution >= 0.6 is 11.6 Å². The van der Waals surface area contributed by atoms with Gasteiger partial charge in [-0.2, -0.15) is 4.98 Å². The molecule has 2 N–H and O–H groups in total. The van der Waals surface area contributed by atoms with Gasteiger partial charge in [-0.25, -0.2) is 9.78 Å². The first-order valence-electron chi connectivity index (χ1n) is 8.45. The standard InChI is InChI=1S/C20H19ClN4O2/c1-3-27-19(26)14-5-8-15(9-6-14)24-20-22-11-10-18(25-20)23-16-7-4-13(2)17(21)12-16/h4-12H,3H2,1-2H3,(H2,22,23,24,25). The predicted octanol–water partition coefficient (Wildman–Crippen LogP) is 5.10. The van der Waals surface area contributed by atoms with Crippen molar-refractivity contribution in [2.75, 3.05) is 17.2 Å². The maximum Gasteiger partial charge on any atom is 0.338 e. The summed E-state index contributed by atoms with van der Waals surface area (Å²) in [5.74, 6) is 0.723. The van der Waals surface area contributed by atoms with Gasteiger partial charge in [-0.3, -0.25) is 0 Å². The lowest BCUT2D eigenvalue weighted by molar-refractivity contribution is 0.0526. The normalized spacial score (nSPS) is 10.3. The van der Waals surface area contributed by atoms with E-state index in [1.165, 1.54) is 0 Å². The SMILES string of the molecule is CCOC(=O)c1ccc(Nc2nccc(Nc3ccc(C)c(Cl)c3)n2)cc1. The van der Waals surface area contributed by atoms with Crippen LogP contribution in [0.1, 0.15) is 22.8 Å². The molecule has 0 aliphatic heterocycles. The van der Waals surface area contributed by atoms with E-state index in [4.69, 9.17) is 16.3 Å². The number of nitrogens with zero attached hydrogens (tertiary/aromatic N) is 2. The van der Waals surface area contributed by atoms with Gasteiger partial charge in [-0.1, -0.05) is 17.7 Å². The number of aromatic nitrogens is 2. The van der Waals surface area contributed by atoms with E-state index in [9.17, 15) is 4.79 Å². The molecule has 3 aromatic rings. The van der Waals surface area contributed by atoms with E-state index in [1.807, 2.05) is 25.1 Å². The van der Waals surface area contributed by atoms with Crippen molar-refractivity contribution >= 4 is 40.7 Å². The summed E-state index contributed by atoms with van der Waals surface area (Å²) in [5, 5.41) is 7.00. The number of rotatable bonds is 6. The average Bonchev–Trinajstić information content (AvgIpc) is 2.66. The van der Waals surface area contributed by atoms with Crippen molar-refractivity contribution in [3.05, 3.63) is 70.9 Å². The zero-order valence-corrected chi connectivity index (χ0v) is 15.7. The van der Waals surface area contributed by atoms with Crippen LogP contribution in [0.25, 0.3) is 0 Å². The molecular formula is C20H19ClN4O2. The summed E-state index contributed by atoms with van der Waals surface area (Å²) < 4.78 is 4.97. The molecule has 6 nitrogen and oxygen atoms in total. The Bertz CT molecular complexity index is 945. The van der Waals surface area contributed by atoms with Crippen LogP contribution in [0.5, 0.6) is 0 Å². The molecule has 0 amide bonds. The molecule has 138 valence electrons. The van der Waals surface area contributed by atoms with Crippen LogP contribution in [0.3, 0.4) is 0 Å². The van der Waals surface area contributed by atoms with E-state index in [2.05, 4.69) is 20.6 Å². The number of hydrogen-bond acceptors (Lipinski definition) is 6. The van der Waals surface area contributed by atoms with E-state index >= 15 is 0 Å². The summed E-state index contributed by atoms with van der Waals surface area (Å²) in [5.41, 5.74) is 3.11. The van der Waals surface area contributed by atoms with Crippen molar-refractivity contribution in [1.82, 2.24) is 9.97 Å². The summed E-state index contributed by atoms with van der Waals surface area (Å²) in [7, 11) is 0. The first kappa shape index (κ1) is 18.7. The molecule has 0 spiro atoms. The van der Waals surface area contributed by atoms with Crippen LogP contribution in [0.2, 0.25) is 5.02 Å². The summed E-state index contributed by atoms with van der Waals surface area (Å²) in [6.45, 7) is 4.07. The molecule has 27 heavy (non-hydrogen) atoms. The molecule has 0 atom stereocenters. The smallest absolute Gasteiger partial charge is 0.338 e. The molecule has 0 saturated carbocycles. The lowest BCUT2D eigenvalue weighted by atomic mass is 10.2. The molecule has 7 heteroatoms. The lowest BCUT2D eigenvalue weighted by Gasteiger charge is -2.10. The number of benzene rings is 2. The van der Waals surface area contributed by atoms with E-state index in [1.54, 1.807) is 43.5 Å². The number of halogens is 1. The first-order valence-corrected chi connectivity index (χ1v) is 8.83. The van der Waals surface area contributed by atoms with Crippen molar-refractivity contribution < 1.29 is 9.53 Å². The minimum atomic E-state index is -0.344. The highest BCUT2D eigenvalue weighted by Crippen LogP contribution is 2.23. The van der Waals surface area contributed by atoms with Gasteiger partial charge in [-0.15, -0.1) is 0 Å². The molecule has 2 aromatic carbocycles. The van der Waals surface area contributed by atoms with Crippen LogP contribution in [-0.4, -0.2) is 22.5 Å². The topological polar surface area (TPSA) is 76.1 Å². The molecule has 0 aliphatic carbocycles. The molecule has 1 aromatic heterocycles. The number of carbonyl (C=O) groups excluding carboxylic acids is 1. The number of esters is 1. The number of nitrogens with one attached hydrogen (secondary N) is 2. The Hall–Kier alpha value is -3.12. The molecule has 0 fully saturated rings. The highest BCUT2D eigenvalue weighted by molar-refractivity contribution is 6.31. The van der Waals surface area contributed by atoms with Crippen LogP contribution in [0.15, 0.2) is 54.7 Å². The van der Waals surface area contributed by atoms with Crippen molar-refractivity contribution in [2.45, 2.75) is 13.8 Å². The third-order valence-electron chi connectivity index (χ3n) is 3.75. The van der Waals surface area contributed by atoms with Crippen molar-refractivity contribution in [3.63, 3.8) is 0 Å². The average molecular weight is 383 g/mol. The van der Waals surface area contributed by atoms with Crippen molar-refractivity contribution in [1.29, 1.82) is 0 Å². The zero-order valence-electron chi connectivity index (χ0n) is 15.0. The van der Waals surface area contributed by atoms with Crippen LogP contribution in [-0.2, 0) is 4.74 Å². The van der Waals surface area contributed by atoms with Gasteiger partial charge in [-0.05, 0) is 61.9 Å². The Balaban J connectivity index is 1.70. The molecule has 3 rings (SSSR count). The summed E-state index contributed by atoms with van der Waals surface area (Å²) in [6.07, 6.45) is 1.65. The molecule has 0 aliphatic rings. The fourth-order valence-electron chi connectivity index (χ4n) is 2.34. The van der Waals surface area contributed by atoms with Crippen molar-refractivity contribution in [3.8, 4) is 0 Å². The molecule has 1 heterocycles. The summed E-state index contributed by atoms with van der Waals surface area (Å²) >= 11 is 6.16. The van der Waals surface area contributed by atoms with Gasteiger partial charge in [0, 0.05) is 22.6 Å². The third-order valence-corrected chi connectivity index (χ3v) is 4.16. The van der Waals surface area contributed by atoms with E-state index in [0.717, 1.165) is 16.9 Å². The number of carbonyl (C=O) groups is 1. The van der Waals surface area contributed by atoms with Gasteiger partial charge in [0.25, 0.3) is 0 Å². The first-order chi connectivity index (χ1) is 13.0. The Labute approximate surface area is 162 Å². The van der Waals surface area contributed by atoms with Gasteiger partial charge in [0.05, 0.1) is 12.2 Å². The Morgan fingerprint density at radius 3 is 2.52 bits per heavy atom. The van der Waals surface area contributed by atoms with Gasteiger partial charge in [0.15, 0.2) is 0 Å². The second-order valence-corrected chi connectivity index (χ2v) is 6.18. The molecule has 0 radical (unpaired) electrons. The largest absolute Gasteiger partial charge is 0.462 e.